The van der Waals surface area contributed by atoms with E-state index in [1.165, 1.54) is 0 Å². The minimum atomic E-state index is -0.414. The van der Waals surface area contributed by atoms with Crippen molar-refractivity contribution in [1.29, 1.82) is 0 Å². The number of ether oxygens (including phenoxy) is 1. The number of methoxy groups -OCH3 is 1. The van der Waals surface area contributed by atoms with Crippen LogP contribution in [-0.2, 0) is 10.3 Å². The largest absolute Gasteiger partial charge is 0.374 e. The first-order valence-corrected chi connectivity index (χ1v) is 4.64. The molecule has 1 aromatic carbocycles. The number of hydrogen-bond donors (Lipinski definition) is 0. The van der Waals surface area contributed by atoms with Crippen molar-refractivity contribution in [2.75, 3.05) is 7.11 Å². The van der Waals surface area contributed by atoms with Gasteiger partial charge in [-0.3, -0.25) is 4.79 Å². The number of carbonyl (C=O) groups is 1. The molecule has 0 spiro atoms. The Morgan fingerprint density at radius 3 is 2.36 bits per heavy atom. The van der Waals surface area contributed by atoms with Crippen molar-refractivity contribution >= 4 is 5.78 Å². The van der Waals surface area contributed by atoms with E-state index in [2.05, 4.69) is 0 Å². The summed E-state index contributed by atoms with van der Waals surface area (Å²) in [6, 6.07) is 7.55. The molecular weight excluding hydrogens is 176 g/mol. The Morgan fingerprint density at radius 1 is 1.29 bits per heavy atom. The zero-order valence-electron chi connectivity index (χ0n) is 9.13. The predicted molar refractivity (Wildman–Crippen MR) is 56.5 cm³/mol. The molecule has 0 N–H and O–H groups in total. The second-order valence-corrected chi connectivity index (χ2v) is 3.82. The van der Waals surface area contributed by atoms with E-state index in [9.17, 15) is 4.79 Å². The Balaban J connectivity index is 3.27. The molecule has 0 saturated carbocycles. The lowest BCUT2D eigenvalue weighted by Gasteiger charge is -2.25. The van der Waals surface area contributed by atoms with Crippen LogP contribution in [0.15, 0.2) is 24.3 Å². The summed E-state index contributed by atoms with van der Waals surface area (Å²) in [7, 11) is 1.65. The van der Waals surface area contributed by atoms with Gasteiger partial charge in [-0.15, -0.1) is 0 Å². The Kier molecular flexibility index (Phi) is 3.06. The number of ketones is 1. The van der Waals surface area contributed by atoms with Gasteiger partial charge in [-0.05, 0) is 26.3 Å². The van der Waals surface area contributed by atoms with Crippen molar-refractivity contribution in [3.05, 3.63) is 35.4 Å². The zero-order valence-corrected chi connectivity index (χ0v) is 9.13. The van der Waals surface area contributed by atoms with E-state index >= 15 is 0 Å². The van der Waals surface area contributed by atoms with E-state index in [0.29, 0.717) is 0 Å². The molecule has 0 aliphatic carbocycles. The standard InChI is InChI=1S/C12H16O2/c1-9(13)10-7-5-6-8-11(10)12(2,3)14-4/h5-8H,1-4H3. The van der Waals surface area contributed by atoms with Crippen LogP contribution in [0.2, 0.25) is 0 Å². The molecule has 1 rings (SSSR count). The quantitative estimate of drug-likeness (QED) is 0.688. The zero-order chi connectivity index (χ0) is 10.8. The first-order chi connectivity index (χ1) is 6.49. The third-order valence-electron chi connectivity index (χ3n) is 2.47. The van der Waals surface area contributed by atoms with Crippen LogP contribution in [0.1, 0.15) is 36.7 Å². The Hall–Kier alpha value is -1.15. The fraction of sp³-hybridized carbons (Fsp3) is 0.417. The summed E-state index contributed by atoms with van der Waals surface area (Å²) in [6.07, 6.45) is 0. The Labute approximate surface area is 84.9 Å². The van der Waals surface area contributed by atoms with Crippen molar-refractivity contribution in [2.45, 2.75) is 26.4 Å². The average molecular weight is 192 g/mol. The number of hydrogen-bond acceptors (Lipinski definition) is 2. The maximum Gasteiger partial charge on any atom is 0.160 e. The normalized spacial score (nSPS) is 11.4. The molecule has 0 fully saturated rings. The molecule has 0 atom stereocenters. The summed E-state index contributed by atoms with van der Waals surface area (Å²) >= 11 is 0. The van der Waals surface area contributed by atoms with E-state index in [-0.39, 0.29) is 5.78 Å². The van der Waals surface area contributed by atoms with E-state index in [1.807, 2.05) is 38.1 Å². The van der Waals surface area contributed by atoms with Crippen LogP contribution in [0.5, 0.6) is 0 Å². The van der Waals surface area contributed by atoms with Crippen molar-refractivity contribution < 1.29 is 9.53 Å². The highest BCUT2D eigenvalue weighted by Gasteiger charge is 2.23. The second-order valence-electron chi connectivity index (χ2n) is 3.82. The first kappa shape index (κ1) is 10.9. The van der Waals surface area contributed by atoms with Gasteiger partial charge in [-0.1, -0.05) is 24.3 Å². The lowest BCUT2D eigenvalue weighted by molar-refractivity contribution is 0.0185. The fourth-order valence-corrected chi connectivity index (χ4v) is 1.43. The van der Waals surface area contributed by atoms with Crippen LogP contribution in [-0.4, -0.2) is 12.9 Å². The van der Waals surface area contributed by atoms with Gasteiger partial charge in [0.1, 0.15) is 0 Å². The maximum atomic E-state index is 11.4. The molecule has 0 radical (unpaired) electrons. The van der Waals surface area contributed by atoms with Crippen LogP contribution >= 0.6 is 0 Å². The van der Waals surface area contributed by atoms with Gasteiger partial charge in [0.2, 0.25) is 0 Å². The van der Waals surface area contributed by atoms with Crippen LogP contribution in [0.3, 0.4) is 0 Å². The third-order valence-corrected chi connectivity index (χ3v) is 2.47. The summed E-state index contributed by atoms with van der Waals surface area (Å²) in [5.74, 6) is 0.0747. The Morgan fingerprint density at radius 2 is 1.86 bits per heavy atom. The molecule has 0 bridgehead atoms. The smallest absolute Gasteiger partial charge is 0.160 e. The number of rotatable bonds is 3. The maximum absolute atomic E-state index is 11.4. The third kappa shape index (κ3) is 2.02. The van der Waals surface area contributed by atoms with E-state index in [4.69, 9.17) is 4.74 Å². The first-order valence-electron chi connectivity index (χ1n) is 4.64. The highest BCUT2D eigenvalue weighted by molar-refractivity contribution is 5.95. The molecule has 0 aromatic heterocycles. The summed E-state index contributed by atoms with van der Waals surface area (Å²) in [5.41, 5.74) is 1.26. The van der Waals surface area contributed by atoms with E-state index in [1.54, 1.807) is 14.0 Å². The van der Waals surface area contributed by atoms with Gasteiger partial charge in [0, 0.05) is 12.7 Å². The molecule has 0 heterocycles. The van der Waals surface area contributed by atoms with Gasteiger partial charge in [0.25, 0.3) is 0 Å². The van der Waals surface area contributed by atoms with Crippen LogP contribution in [0.4, 0.5) is 0 Å². The lowest BCUT2D eigenvalue weighted by atomic mass is 9.91. The van der Waals surface area contributed by atoms with Gasteiger partial charge >= 0.3 is 0 Å². The number of Topliss-reactive ketones (excluding diaryl/α,β-unsaturated/α-hetero) is 1. The van der Waals surface area contributed by atoms with Crippen molar-refractivity contribution in [3.8, 4) is 0 Å². The average Bonchev–Trinajstić information content (AvgIpc) is 2.18. The molecule has 0 aliphatic rings. The summed E-state index contributed by atoms with van der Waals surface area (Å²) in [5, 5.41) is 0. The van der Waals surface area contributed by atoms with E-state index in [0.717, 1.165) is 11.1 Å². The molecule has 76 valence electrons. The van der Waals surface area contributed by atoms with Gasteiger partial charge in [-0.2, -0.15) is 0 Å². The highest BCUT2D eigenvalue weighted by Crippen LogP contribution is 2.27. The minimum absolute atomic E-state index is 0.0747. The summed E-state index contributed by atoms with van der Waals surface area (Å²) < 4.78 is 5.36. The topological polar surface area (TPSA) is 26.3 Å². The van der Waals surface area contributed by atoms with Gasteiger partial charge < -0.3 is 4.74 Å². The van der Waals surface area contributed by atoms with Gasteiger partial charge in [-0.25, -0.2) is 0 Å². The SMILES string of the molecule is COC(C)(C)c1ccccc1C(C)=O. The molecule has 2 nitrogen and oxygen atoms in total. The molecule has 1 aromatic rings. The van der Waals surface area contributed by atoms with Crippen LogP contribution in [0.25, 0.3) is 0 Å². The lowest BCUT2D eigenvalue weighted by Crippen LogP contribution is -2.22. The fourth-order valence-electron chi connectivity index (χ4n) is 1.43. The molecule has 0 amide bonds. The molecule has 0 aliphatic heterocycles. The molecule has 0 saturated heterocycles. The highest BCUT2D eigenvalue weighted by atomic mass is 16.5. The molecular formula is C12H16O2. The van der Waals surface area contributed by atoms with Crippen molar-refractivity contribution in [1.82, 2.24) is 0 Å². The number of carbonyl (C=O) groups excluding carboxylic acids is 1. The van der Waals surface area contributed by atoms with Crippen LogP contribution < -0.4 is 0 Å². The molecule has 14 heavy (non-hydrogen) atoms. The van der Waals surface area contributed by atoms with Gasteiger partial charge in [0.15, 0.2) is 5.78 Å². The molecule has 2 heteroatoms. The van der Waals surface area contributed by atoms with Crippen molar-refractivity contribution in [3.63, 3.8) is 0 Å². The second kappa shape index (κ2) is 3.93. The van der Waals surface area contributed by atoms with Crippen LogP contribution in [0, 0.1) is 0 Å². The van der Waals surface area contributed by atoms with Crippen molar-refractivity contribution in [2.24, 2.45) is 0 Å². The predicted octanol–water partition coefficient (Wildman–Crippen LogP) is 2.77. The number of benzene rings is 1. The summed E-state index contributed by atoms with van der Waals surface area (Å²) in [4.78, 5) is 11.4. The van der Waals surface area contributed by atoms with E-state index < -0.39 is 5.60 Å². The monoisotopic (exact) mass is 192 g/mol. The van der Waals surface area contributed by atoms with Gasteiger partial charge in [0.05, 0.1) is 5.60 Å². The summed E-state index contributed by atoms with van der Waals surface area (Å²) in [6.45, 7) is 5.48. The Bertz CT molecular complexity index is 340. The molecule has 0 unspecified atom stereocenters. The minimum Gasteiger partial charge on any atom is -0.374 e.